The van der Waals surface area contributed by atoms with Crippen molar-refractivity contribution in [3.63, 3.8) is 0 Å². The minimum atomic E-state index is -0.659. The number of benzene rings is 1. The van der Waals surface area contributed by atoms with Gasteiger partial charge in [-0.15, -0.1) is 0 Å². The van der Waals surface area contributed by atoms with E-state index in [-0.39, 0.29) is 29.5 Å². The molecule has 1 fully saturated rings. The second kappa shape index (κ2) is 9.30. The molecule has 0 saturated carbocycles. The number of carbonyl (C=O) groups is 2. The number of carbonyl (C=O) groups excluding carboxylic acids is 2. The fourth-order valence-corrected chi connectivity index (χ4v) is 3.44. The molecule has 0 unspecified atom stereocenters. The van der Waals surface area contributed by atoms with Crippen LogP contribution in [0.25, 0.3) is 11.0 Å². The van der Waals surface area contributed by atoms with Gasteiger partial charge in [-0.2, -0.15) is 0 Å². The maximum Gasteiger partial charge on any atom is 0.349 e. The van der Waals surface area contributed by atoms with Crippen LogP contribution in [0.5, 0.6) is 5.75 Å². The lowest BCUT2D eigenvalue weighted by molar-refractivity contribution is -0.123. The Morgan fingerprint density at radius 1 is 1.10 bits per heavy atom. The largest absolute Gasteiger partial charge is 0.491 e. The van der Waals surface area contributed by atoms with Crippen molar-refractivity contribution in [1.29, 1.82) is 0 Å². The highest BCUT2D eigenvalue weighted by Gasteiger charge is 2.26. The first-order chi connectivity index (χ1) is 14.2. The van der Waals surface area contributed by atoms with E-state index in [9.17, 15) is 14.4 Å². The molecule has 8 nitrogen and oxygen atoms in total. The van der Waals surface area contributed by atoms with Gasteiger partial charge in [0.1, 0.15) is 16.9 Å². The predicted octanol–water partition coefficient (Wildman–Crippen LogP) is 1.86. The molecule has 2 amide bonds. The molecule has 0 atom stereocenters. The Morgan fingerprint density at radius 3 is 2.43 bits per heavy atom. The van der Waals surface area contributed by atoms with Gasteiger partial charge >= 0.3 is 5.63 Å². The fourth-order valence-electron chi connectivity index (χ4n) is 3.44. The number of nitrogens with one attached hydrogen (secondary N) is 1. The maximum atomic E-state index is 12.9. The lowest BCUT2D eigenvalue weighted by Gasteiger charge is -2.34. The van der Waals surface area contributed by atoms with Crippen LogP contribution >= 0.6 is 0 Å². The topological polar surface area (TPSA) is 92.1 Å². The van der Waals surface area contributed by atoms with Crippen LogP contribution in [0.3, 0.4) is 0 Å². The molecule has 162 valence electrons. The minimum Gasteiger partial charge on any atom is -0.491 e. The maximum absolute atomic E-state index is 12.9. The summed E-state index contributed by atoms with van der Waals surface area (Å²) in [5, 5.41) is 3.53. The average molecular weight is 415 g/mol. The Balaban J connectivity index is 1.67. The Morgan fingerprint density at radius 2 is 1.80 bits per heavy atom. The van der Waals surface area contributed by atoms with E-state index in [0.717, 1.165) is 0 Å². The van der Waals surface area contributed by atoms with Crippen molar-refractivity contribution in [3.8, 4) is 5.75 Å². The second-order valence-corrected chi connectivity index (χ2v) is 8.10. The molecule has 1 aromatic heterocycles. The molecule has 30 heavy (non-hydrogen) atoms. The van der Waals surface area contributed by atoms with Crippen molar-refractivity contribution in [1.82, 2.24) is 15.1 Å². The number of fused-ring (bicyclic) bond motifs is 1. The van der Waals surface area contributed by atoms with Gasteiger partial charge in [-0.3, -0.25) is 14.5 Å². The van der Waals surface area contributed by atoms with Crippen molar-refractivity contribution >= 4 is 22.8 Å². The molecule has 1 aromatic carbocycles. The van der Waals surface area contributed by atoms with Gasteiger partial charge in [0.05, 0.1) is 12.6 Å². The number of piperazine rings is 1. The Kier molecular flexibility index (Phi) is 6.77. The Labute approximate surface area is 175 Å². The van der Waals surface area contributed by atoms with E-state index in [1.165, 1.54) is 0 Å². The van der Waals surface area contributed by atoms with Crippen LogP contribution in [-0.4, -0.2) is 66.5 Å². The summed E-state index contributed by atoms with van der Waals surface area (Å²) in [5.74, 6) is 0.234. The summed E-state index contributed by atoms with van der Waals surface area (Å²) in [5.41, 5.74) is -0.255. The molecule has 3 rings (SSSR count). The first kappa shape index (κ1) is 21.8. The average Bonchev–Trinajstić information content (AvgIpc) is 2.66. The third-order valence-electron chi connectivity index (χ3n) is 4.79. The van der Waals surface area contributed by atoms with Crippen molar-refractivity contribution in [2.45, 2.75) is 39.8 Å². The number of hydrogen-bond acceptors (Lipinski definition) is 6. The van der Waals surface area contributed by atoms with Gasteiger partial charge in [-0.05, 0) is 45.9 Å². The number of ether oxygens (including phenoxy) is 1. The zero-order chi connectivity index (χ0) is 21.8. The Bertz CT molecular complexity index is 974. The normalized spacial score (nSPS) is 15.1. The van der Waals surface area contributed by atoms with Gasteiger partial charge in [0.2, 0.25) is 5.91 Å². The first-order valence-corrected chi connectivity index (χ1v) is 10.3. The standard InChI is InChI=1S/C22H29N3O5/c1-14(2)23-20(26)13-24-7-9-25(10-8-24)21(27)18-11-16-5-6-17(29-15(3)4)12-19(16)30-22(18)28/h5-6,11-12,14-15H,7-10,13H2,1-4H3,(H,23,26). The third kappa shape index (κ3) is 5.38. The van der Waals surface area contributed by atoms with E-state index >= 15 is 0 Å². The van der Waals surface area contributed by atoms with Crippen LogP contribution in [0.1, 0.15) is 38.1 Å². The smallest absolute Gasteiger partial charge is 0.349 e. The summed E-state index contributed by atoms with van der Waals surface area (Å²) in [6.07, 6.45) is 0.00476. The highest BCUT2D eigenvalue weighted by molar-refractivity contribution is 5.96. The van der Waals surface area contributed by atoms with E-state index in [1.54, 1.807) is 29.2 Å². The molecular weight excluding hydrogens is 386 g/mol. The zero-order valence-electron chi connectivity index (χ0n) is 17.9. The van der Waals surface area contributed by atoms with Crippen molar-refractivity contribution in [3.05, 3.63) is 40.2 Å². The quantitative estimate of drug-likeness (QED) is 0.724. The summed E-state index contributed by atoms with van der Waals surface area (Å²) in [6, 6.07) is 6.90. The SMILES string of the molecule is CC(C)NC(=O)CN1CCN(C(=O)c2cc3ccc(OC(C)C)cc3oc2=O)CC1. The van der Waals surface area contributed by atoms with Crippen LogP contribution in [0, 0.1) is 0 Å². The van der Waals surface area contributed by atoms with E-state index in [0.29, 0.717) is 49.4 Å². The van der Waals surface area contributed by atoms with Crippen molar-refractivity contribution in [2.24, 2.45) is 0 Å². The van der Waals surface area contributed by atoms with Crippen LogP contribution < -0.4 is 15.7 Å². The summed E-state index contributed by atoms with van der Waals surface area (Å²) < 4.78 is 11.0. The molecule has 1 saturated heterocycles. The van der Waals surface area contributed by atoms with Crippen LogP contribution in [0.2, 0.25) is 0 Å². The molecule has 2 aromatic rings. The highest BCUT2D eigenvalue weighted by atomic mass is 16.5. The van der Waals surface area contributed by atoms with Gasteiger partial charge in [0.15, 0.2) is 0 Å². The number of rotatable bonds is 6. The second-order valence-electron chi connectivity index (χ2n) is 8.10. The summed E-state index contributed by atoms with van der Waals surface area (Å²) >= 11 is 0. The Hall–Kier alpha value is -2.87. The molecule has 1 aliphatic rings. The molecule has 8 heteroatoms. The third-order valence-corrected chi connectivity index (χ3v) is 4.79. The van der Waals surface area contributed by atoms with E-state index in [4.69, 9.17) is 9.15 Å². The number of nitrogens with zero attached hydrogens (tertiary/aromatic N) is 2. The van der Waals surface area contributed by atoms with Crippen molar-refractivity contribution < 1.29 is 18.7 Å². The van der Waals surface area contributed by atoms with Crippen LogP contribution in [-0.2, 0) is 4.79 Å². The molecule has 1 N–H and O–H groups in total. The van der Waals surface area contributed by atoms with Gasteiger partial charge in [-0.1, -0.05) is 0 Å². The molecule has 2 heterocycles. The van der Waals surface area contributed by atoms with E-state index in [1.807, 2.05) is 32.6 Å². The van der Waals surface area contributed by atoms with Gasteiger partial charge < -0.3 is 19.4 Å². The van der Waals surface area contributed by atoms with E-state index in [2.05, 4.69) is 5.32 Å². The van der Waals surface area contributed by atoms with Gasteiger partial charge in [-0.25, -0.2) is 4.79 Å². The molecule has 1 aliphatic heterocycles. The molecule has 0 bridgehead atoms. The molecule has 0 radical (unpaired) electrons. The lowest BCUT2D eigenvalue weighted by atomic mass is 10.1. The highest BCUT2D eigenvalue weighted by Crippen LogP contribution is 2.22. The molecular formula is C22H29N3O5. The predicted molar refractivity (Wildman–Crippen MR) is 114 cm³/mol. The fraction of sp³-hybridized carbons (Fsp3) is 0.500. The van der Waals surface area contributed by atoms with E-state index < -0.39 is 5.63 Å². The number of hydrogen-bond donors (Lipinski definition) is 1. The monoisotopic (exact) mass is 415 g/mol. The minimum absolute atomic E-state index is 0.00476. The molecule has 0 spiro atoms. The summed E-state index contributed by atoms with van der Waals surface area (Å²) in [4.78, 5) is 40.9. The molecule has 0 aliphatic carbocycles. The van der Waals surface area contributed by atoms with Gasteiger partial charge in [0.25, 0.3) is 5.91 Å². The summed E-state index contributed by atoms with van der Waals surface area (Å²) in [7, 11) is 0. The van der Waals surface area contributed by atoms with Crippen molar-refractivity contribution in [2.75, 3.05) is 32.7 Å². The van der Waals surface area contributed by atoms with Gasteiger partial charge in [0, 0.05) is 43.7 Å². The number of amides is 2. The van der Waals surface area contributed by atoms with Crippen LogP contribution in [0.15, 0.2) is 33.5 Å². The first-order valence-electron chi connectivity index (χ1n) is 10.3. The zero-order valence-corrected chi connectivity index (χ0v) is 17.9. The summed E-state index contributed by atoms with van der Waals surface area (Å²) in [6.45, 7) is 10.0. The lowest BCUT2D eigenvalue weighted by Crippen LogP contribution is -2.52. The van der Waals surface area contributed by atoms with Crippen LogP contribution in [0.4, 0.5) is 0 Å².